The standard InChI is InChI=1S/C14H18N4O3/c1-9-3-15-5-11(9)14(19)17-12-7-20-8-13(12)21-10-4-16-18(2)6-10/h3-6,12-13,15H,7-8H2,1-2H3,(H,17,19)/t12-,13+/m0/s1. The average molecular weight is 290 g/mol. The van der Waals surface area contributed by atoms with Gasteiger partial charge in [-0.05, 0) is 12.5 Å². The molecule has 3 rings (SSSR count). The van der Waals surface area contributed by atoms with Gasteiger partial charge in [0.1, 0.15) is 6.10 Å². The van der Waals surface area contributed by atoms with Crippen molar-refractivity contribution in [1.82, 2.24) is 20.1 Å². The highest BCUT2D eigenvalue weighted by molar-refractivity contribution is 5.95. The van der Waals surface area contributed by atoms with Gasteiger partial charge in [-0.15, -0.1) is 0 Å². The van der Waals surface area contributed by atoms with Gasteiger partial charge in [-0.3, -0.25) is 9.48 Å². The third-order valence-electron chi connectivity index (χ3n) is 3.51. The first-order valence-corrected chi connectivity index (χ1v) is 6.81. The molecule has 0 aliphatic carbocycles. The number of carbonyl (C=O) groups is 1. The molecule has 0 aromatic carbocycles. The van der Waals surface area contributed by atoms with Crippen molar-refractivity contribution < 1.29 is 14.3 Å². The Kier molecular flexibility index (Phi) is 3.66. The summed E-state index contributed by atoms with van der Waals surface area (Å²) >= 11 is 0. The Morgan fingerprint density at radius 1 is 1.52 bits per heavy atom. The first-order chi connectivity index (χ1) is 10.1. The van der Waals surface area contributed by atoms with E-state index in [-0.39, 0.29) is 18.1 Å². The van der Waals surface area contributed by atoms with Crippen molar-refractivity contribution in [3.8, 4) is 5.75 Å². The highest BCUT2D eigenvalue weighted by Gasteiger charge is 2.32. The lowest BCUT2D eigenvalue weighted by molar-refractivity contribution is 0.0903. The molecule has 1 fully saturated rings. The molecule has 2 atom stereocenters. The lowest BCUT2D eigenvalue weighted by Crippen LogP contribution is -2.45. The van der Waals surface area contributed by atoms with Crippen LogP contribution in [0.1, 0.15) is 15.9 Å². The fourth-order valence-electron chi connectivity index (χ4n) is 2.35. The zero-order chi connectivity index (χ0) is 14.8. The zero-order valence-electron chi connectivity index (χ0n) is 12.0. The van der Waals surface area contributed by atoms with E-state index in [0.717, 1.165) is 5.56 Å². The third kappa shape index (κ3) is 2.92. The zero-order valence-corrected chi connectivity index (χ0v) is 12.0. The van der Waals surface area contributed by atoms with Crippen molar-refractivity contribution >= 4 is 5.91 Å². The number of hydrogen-bond donors (Lipinski definition) is 2. The number of aryl methyl sites for hydroxylation is 2. The average Bonchev–Trinajstić information content (AvgIpc) is 3.14. The molecule has 7 heteroatoms. The van der Waals surface area contributed by atoms with E-state index in [9.17, 15) is 4.79 Å². The van der Waals surface area contributed by atoms with Gasteiger partial charge in [0.2, 0.25) is 0 Å². The van der Waals surface area contributed by atoms with Crippen LogP contribution >= 0.6 is 0 Å². The Labute approximate surface area is 122 Å². The van der Waals surface area contributed by atoms with Crippen LogP contribution in [0, 0.1) is 6.92 Å². The summed E-state index contributed by atoms with van der Waals surface area (Å²) in [5, 5.41) is 7.02. The smallest absolute Gasteiger partial charge is 0.253 e. The molecule has 0 bridgehead atoms. The fraction of sp³-hybridized carbons (Fsp3) is 0.429. The quantitative estimate of drug-likeness (QED) is 0.865. The summed E-state index contributed by atoms with van der Waals surface area (Å²) in [5.41, 5.74) is 1.55. The number of hydrogen-bond acceptors (Lipinski definition) is 4. The molecule has 112 valence electrons. The molecule has 0 radical (unpaired) electrons. The van der Waals surface area contributed by atoms with Crippen molar-refractivity contribution in [2.45, 2.75) is 19.1 Å². The van der Waals surface area contributed by atoms with E-state index in [1.165, 1.54) is 0 Å². The van der Waals surface area contributed by atoms with E-state index in [4.69, 9.17) is 9.47 Å². The summed E-state index contributed by atoms with van der Waals surface area (Å²) in [6, 6.07) is -0.174. The second-order valence-corrected chi connectivity index (χ2v) is 5.18. The molecule has 2 aromatic heterocycles. The van der Waals surface area contributed by atoms with Crippen LogP contribution in [0.5, 0.6) is 5.75 Å². The molecule has 2 aromatic rings. The van der Waals surface area contributed by atoms with Crippen molar-refractivity contribution in [3.05, 3.63) is 35.9 Å². The maximum atomic E-state index is 12.2. The molecule has 21 heavy (non-hydrogen) atoms. The van der Waals surface area contributed by atoms with Crippen molar-refractivity contribution in [2.24, 2.45) is 7.05 Å². The Bertz CT molecular complexity index is 634. The lowest BCUT2D eigenvalue weighted by Gasteiger charge is -2.19. The van der Waals surface area contributed by atoms with E-state index in [2.05, 4.69) is 15.4 Å². The number of H-pyrrole nitrogens is 1. The van der Waals surface area contributed by atoms with Crippen LogP contribution in [0.25, 0.3) is 0 Å². The van der Waals surface area contributed by atoms with Crippen LogP contribution in [-0.4, -0.2) is 46.0 Å². The SMILES string of the molecule is Cc1c[nH]cc1C(=O)N[C@H]1COC[C@H]1Oc1cnn(C)c1. The van der Waals surface area contributed by atoms with E-state index < -0.39 is 0 Å². The van der Waals surface area contributed by atoms with Crippen LogP contribution in [0.2, 0.25) is 0 Å². The maximum absolute atomic E-state index is 12.2. The van der Waals surface area contributed by atoms with Gasteiger partial charge >= 0.3 is 0 Å². The van der Waals surface area contributed by atoms with Crippen LogP contribution in [0.4, 0.5) is 0 Å². The summed E-state index contributed by atoms with van der Waals surface area (Å²) in [4.78, 5) is 15.1. The van der Waals surface area contributed by atoms with Gasteiger partial charge in [-0.2, -0.15) is 5.10 Å². The summed E-state index contributed by atoms with van der Waals surface area (Å²) in [6.07, 6.45) is 6.71. The highest BCUT2D eigenvalue weighted by atomic mass is 16.5. The Morgan fingerprint density at radius 2 is 2.38 bits per heavy atom. The second-order valence-electron chi connectivity index (χ2n) is 5.18. The minimum Gasteiger partial charge on any atom is -0.482 e. The summed E-state index contributed by atoms with van der Waals surface area (Å²) in [5.74, 6) is 0.550. The van der Waals surface area contributed by atoms with Gasteiger partial charge in [-0.1, -0.05) is 0 Å². The first kappa shape index (κ1) is 13.7. The number of carbonyl (C=O) groups excluding carboxylic acids is 1. The molecule has 3 heterocycles. The van der Waals surface area contributed by atoms with Crippen molar-refractivity contribution in [1.29, 1.82) is 0 Å². The molecule has 0 unspecified atom stereocenters. The molecule has 2 N–H and O–H groups in total. The van der Waals surface area contributed by atoms with Gasteiger partial charge in [-0.25, -0.2) is 0 Å². The van der Waals surface area contributed by atoms with Gasteiger partial charge in [0.15, 0.2) is 5.75 Å². The van der Waals surface area contributed by atoms with Crippen molar-refractivity contribution in [3.63, 3.8) is 0 Å². The Morgan fingerprint density at radius 3 is 3.05 bits per heavy atom. The number of nitrogens with zero attached hydrogens (tertiary/aromatic N) is 2. The number of ether oxygens (including phenoxy) is 2. The summed E-state index contributed by atoms with van der Waals surface area (Å²) in [6.45, 7) is 2.78. The van der Waals surface area contributed by atoms with Crippen molar-refractivity contribution in [2.75, 3.05) is 13.2 Å². The summed E-state index contributed by atoms with van der Waals surface area (Å²) in [7, 11) is 1.83. The summed E-state index contributed by atoms with van der Waals surface area (Å²) < 4.78 is 12.9. The molecule has 7 nitrogen and oxygen atoms in total. The first-order valence-electron chi connectivity index (χ1n) is 6.81. The van der Waals surface area contributed by atoms with Gasteiger partial charge in [0, 0.05) is 19.4 Å². The van der Waals surface area contributed by atoms with E-state index >= 15 is 0 Å². The fourth-order valence-corrected chi connectivity index (χ4v) is 2.35. The van der Waals surface area contributed by atoms with Gasteiger partial charge in [0.25, 0.3) is 5.91 Å². The molecular formula is C14H18N4O3. The van der Waals surface area contributed by atoms with Crippen LogP contribution in [0.3, 0.4) is 0 Å². The number of rotatable bonds is 4. The predicted molar refractivity (Wildman–Crippen MR) is 75.2 cm³/mol. The van der Waals surface area contributed by atoms with E-state index in [1.807, 2.05) is 14.0 Å². The molecular weight excluding hydrogens is 272 g/mol. The molecule has 1 saturated heterocycles. The van der Waals surface area contributed by atoms with Gasteiger partial charge < -0.3 is 19.8 Å². The third-order valence-corrected chi connectivity index (χ3v) is 3.51. The number of aromatic nitrogens is 3. The molecule has 1 amide bonds. The topological polar surface area (TPSA) is 81.2 Å². The monoisotopic (exact) mass is 290 g/mol. The number of amides is 1. The highest BCUT2D eigenvalue weighted by Crippen LogP contribution is 2.17. The van der Waals surface area contributed by atoms with E-state index in [0.29, 0.717) is 24.5 Å². The Hall–Kier alpha value is -2.28. The largest absolute Gasteiger partial charge is 0.482 e. The lowest BCUT2D eigenvalue weighted by atomic mass is 10.1. The van der Waals surface area contributed by atoms with Crippen LogP contribution in [0.15, 0.2) is 24.8 Å². The molecule has 1 aliphatic heterocycles. The predicted octanol–water partition coefficient (Wildman–Crippen LogP) is 0.633. The normalized spacial score (nSPS) is 21.4. The maximum Gasteiger partial charge on any atom is 0.253 e. The number of aromatic amines is 1. The molecule has 0 spiro atoms. The minimum atomic E-state index is -0.211. The number of nitrogens with one attached hydrogen (secondary N) is 2. The van der Waals surface area contributed by atoms with Gasteiger partial charge in [0.05, 0.1) is 37.2 Å². The van der Waals surface area contributed by atoms with Crippen LogP contribution in [-0.2, 0) is 11.8 Å². The minimum absolute atomic E-state index is 0.121. The second kappa shape index (κ2) is 5.61. The van der Waals surface area contributed by atoms with Crippen LogP contribution < -0.4 is 10.1 Å². The molecule has 0 saturated carbocycles. The molecule has 1 aliphatic rings. The Balaban J connectivity index is 1.64. The van der Waals surface area contributed by atoms with E-state index in [1.54, 1.807) is 29.5 Å².